The van der Waals surface area contributed by atoms with Gasteiger partial charge in [0.15, 0.2) is 0 Å². The highest BCUT2D eigenvalue weighted by atomic mass is 19.1. The van der Waals surface area contributed by atoms with E-state index >= 15 is 0 Å². The van der Waals surface area contributed by atoms with Gasteiger partial charge in [0.1, 0.15) is 17.3 Å². The Labute approximate surface area is 199 Å². The molecule has 3 aromatic carbocycles. The number of fused-ring (bicyclic) bond motifs is 1. The van der Waals surface area contributed by atoms with Crippen LogP contribution in [-0.2, 0) is 22.4 Å². The topological polar surface area (TPSA) is 52.6 Å². The van der Waals surface area contributed by atoms with Gasteiger partial charge in [-0.05, 0) is 83.2 Å². The van der Waals surface area contributed by atoms with E-state index in [-0.39, 0.29) is 35.5 Å². The van der Waals surface area contributed by atoms with Gasteiger partial charge in [-0.1, -0.05) is 49.7 Å². The number of ether oxygens (including phenoxy) is 2. The van der Waals surface area contributed by atoms with Crippen LogP contribution < -0.4 is 9.47 Å². The summed E-state index contributed by atoms with van der Waals surface area (Å²) in [7, 11) is 0. The minimum absolute atomic E-state index is 0.0549. The molecule has 0 heterocycles. The quantitative estimate of drug-likeness (QED) is 0.317. The Hall–Kier alpha value is -3.47. The number of esters is 2. The molecule has 1 aliphatic rings. The normalized spacial score (nSPS) is 19.2. The lowest BCUT2D eigenvalue weighted by molar-refractivity contribution is -0.132. The van der Waals surface area contributed by atoms with Crippen LogP contribution in [0.15, 0.2) is 66.7 Å². The Balaban J connectivity index is 1.75. The van der Waals surface area contributed by atoms with Crippen molar-refractivity contribution in [1.29, 1.82) is 0 Å². The van der Waals surface area contributed by atoms with E-state index in [1.54, 1.807) is 6.07 Å². The van der Waals surface area contributed by atoms with Crippen molar-refractivity contribution in [2.45, 2.75) is 51.9 Å². The van der Waals surface area contributed by atoms with Crippen molar-refractivity contribution in [3.8, 4) is 11.5 Å². The first kappa shape index (κ1) is 23.7. The van der Waals surface area contributed by atoms with Crippen molar-refractivity contribution in [1.82, 2.24) is 0 Å². The van der Waals surface area contributed by atoms with Crippen molar-refractivity contribution in [3.63, 3.8) is 0 Å². The number of halogens is 1. The monoisotopic (exact) mass is 460 g/mol. The Bertz CT molecular complexity index is 1180. The molecule has 0 amide bonds. The minimum Gasteiger partial charge on any atom is -0.427 e. The molecule has 3 atom stereocenters. The lowest BCUT2D eigenvalue weighted by Crippen LogP contribution is -2.29. The van der Waals surface area contributed by atoms with Gasteiger partial charge in [0, 0.05) is 13.8 Å². The summed E-state index contributed by atoms with van der Waals surface area (Å²) in [5.41, 5.74) is 4.13. The van der Waals surface area contributed by atoms with Crippen LogP contribution in [0.25, 0.3) is 0 Å². The summed E-state index contributed by atoms with van der Waals surface area (Å²) in [4.78, 5) is 22.8. The summed E-state index contributed by atoms with van der Waals surface area (Å²) < 4.78 is 25.2. The minimum atomic E-state index is -0.362. The van der Waals surface area contributed by atoms with Crippen LogP contribution in [-0.4, -0.2) is 11.9 Å². The number of rotatable bonds is 6. The molecule has 0 saturated heterocycles. The zero-order valence-corrected chi connectivity index (χ0v) is 19.7. The molecule has 4 nitrogen and oxygen atoms in total. The molecular formula is C29H29FO4. The van der Waals surface area contributed by atoms with Gasteiger partial charge < -0.3 is 9.47 Å². The number of carbonyl (C=O) groups is 2. The van der Waals surface area contributed by atoms with E-state index in [1.165, 1.54) is 25.5 Å². The first-order valence-electron chi connectivity index (χ1n) is 11.7. The smallest absolute Gasteiger partial charge is 0.308 e. The molecule has 0 saturated carbocycles. The average molecular weight is 461 g/mol. The first-order valence-corrected chi connectivity index (χ1v) is 11.7. The molecule has 34 heavy (non-hydrogen) atoms. The molecule has 3 aromatic rings. The average Bonchev–Trinajstić information content (AvgIpc) is 2.80. The summed E-state index contributed by atoms with van der Waals surface area (Å²) in [5.74, 6) is 0.651. The van der Waals surface area contributed by atoms with Gasteiger partial charge in [0.25, 0.3) is 0 Å². The molecular weight excluding hydrogens is 431 g/mol. The van der Waals surface area contributed by atoms with E-state index < -0.39 is 0 Å². The number of carbonyl (C=O) groups excluding carboxylic acids is 2. The summed E-state index contributed by atoms with van der Waals surface area (Å²) in [6, 6.07) is 20.4. The predicted molar refractivity (Wildman–Crippen MR) is 129 cm³/mol. The largest absolute Gasteiger partial charge is 0.427 e. The van der Waals surface area contributed by atoms with Crippen LogP contribution in [0, 0.1) is 11.7 Å². The van der Waals surface area contributed by atoms with Gasteiger partial charge in [0.05, 0.1) is 0 Å². The summed E-state index contributed by atoms with van der Waals surface area (Å²) in [6.45, 7) is 4.94. The molecule has 0 aliphatic heterocycles. The van der Waals surface area contributed by atoms with Gasteiger partial charge in [-0.3, -0.25) is 9.59 Å². The van der Waals surface area contributed by atoms with Crippen molar-refractivity contribution in [3.05, 3.63) is 94.8 Å². The number of hydrogen-bond acceptors (Lipinski definition) is 4. The van der Waals surface area contributed by atoms with Crippen molar-refractivity contribution < 1.29 is 23.5 Å². The molecule has 1 aliphatic carbocycles. The molecule has 0 bridgehead atoms. The fraction of sp³-hybridized carbons (Fsp3) is 0.310. The summed E-state index contributed by atoms with van der Waals surface area (Å²) in [5, 5.41) is 0. The highest BCUT2D eigenvalue weighted by Gasteiger charge is 2.37. The second kappa shape index (κ2) is 10.2. The molecule has 5 heteroatoms. The maximum Gasteiger partial charge on any atom is 0.308 e. The van der Waals surface area contributed by atoms with E-state index in [0.717, 1.165) is 24.0 Å². The van der Waals surface area contributed by atoms with E-state index in [1.807, 2.05) is 54.6 Å². The first-order chi connectivity index (χ1) is 16.4. The lowest BCUT2D eigenvalue weighted by atomic mass is 9.64. The van der Waals surface area contributed by atoms with Crippen LogP contribution in [0.4, 0.5) is 4.39 Å². The Morgan fingerprint density at radius 3 is 2.21 bits per heavy atom. The second-order valence-corrected chi connectivity index (χ2v) is 8.90. The molecule has 3 unspecified atom stereocenters. The third kappa shape index (κ3) is 5.19. The Morgan fingerprint density at radius 2 is 1.56 bits per heavy atom. The lowest BCUT2D eigenvalue weighted by Gasteiger charge is -2.40. The Kier molecular flexibility index (Phi) is 7.11. The van der Waals surface area contributed by atoms with Crippen molar-refractivity contribution in [2.24, 2.45) is 5.92 Å². The standard InChI is InChI=1S/C29H29FO4/c1-4-25-26(20-9-12-23(13-10-20)33-18(2)31)15-21-11-14-24(34-19(3)32)17-27(21)28(25)16-22-7-5-6-8-29(22)30/h5-14,17,25-26,28H,4,15-16H2,1-3H3. The number of hydrogen-bond donors (Lipinski definition) is 0. The third-order valence-electron chi connectivity index (χ3n) is 6.69. The third-order valence-corrected chi connectivity index (χ3v) is 6.69. The van der Waals surface area contributed by atoms with Crippen LogP contribution in [0.5, 0.6) is 11.5 Å². The van der Waals surface area contributed by atoms with Gasteiger partial charge in [0.2, 0.25) is 0 Å². The molecule has 0 N–H and O–H groups in total. The van der Waals surface area contributed by atoms with Crippen LogP contribution >= 0.6 is 0 Å². The van der Waals surface area contributed by atoms with Gasteiger partial charge in [-0.2, -0.15) is 0 Å². The fourth-order valence-electron chi connectivity index (χ4n) is 5.28. The van der Waals surface area contributed by atoms with Crippen molar-refractivity contribution in [2.75, 3.05) is 0 Å². The van der Waals surface area contributed by atoms with E-state index in [9.17, 15) is 14.0 Å². The van der Waals surface area contributed by atoms with E-state index in [0.29, 0.717) is 23.5 Å². The van der Waals surface area contributed by atoms with Gasteiger partial charge in [-0.25, -0.2) is 4.39 Å². The summed E-state index contributed by atoms with van der Waals surface area (Å²) >= 11 is 0. The second-order valence-electron chi connectivity index (χ2n) is 8.90. The molecule has 0 aromatic heterocycles. The highest BCUT2D eigenvalue weighted by Crippen LogP contribution is 2.48. The maximum absolute atomic E-state index is 14.7. The highest BCUT2D eigenvalue weighted by molar-refractivity contribution is 5.70. The van der Waals surface area contributed by atoms with Crippen LogP contribution in [0.3, 0.4) is 0 Å². The fourth-order valence-corrected chi connectivity index (χ4v) is 5.28. The molecule has 0 fully saturated rings. The molecule has 0 radical (unpaired) electrons. The zero-order chi connectivity index (χ0) is 24.2. The molecule has 4 rings (SSSR count). The van der Waals surface area contributed by atoms with Crippen LogP contribution in [0.1, 0.15) is 61.3 Å². The number of benzene rings is 3. The Morgan fingerprint density at radius 1 is 0.912 bits per heavy atom. The van der Waals surface area contributed by atoms with E-state index in [4.69, 9.17) is 9.47 Å². The SMILES string of the molecule is CCC1C(c2ccc(OC(C)=O)cc2)Cc2ccc(OC(C)=O)cc2C1Cc1ccccc1F. The van der Waals surface area contributed by atoms with Crippen molar-refractivity contribution >= 4 is 11.9 Å². The van der Waals surface area contributed by atoms with E-state index in [2.05, 4.69) is 6.92 Å². The van der Waals surface area contributed by atoms with Crippen LogP contribution in [0.2, 0.25) is 0 Å². The zero-order valence-electron chi connectivity index (χ0n) is 19.7. The summed E-state index contributed by atoms with van der Waals surface area (Å²) in [6.07, 6.45) is 2.30. The molecule has 0 spiro atoms. The van der Waals surface area contributed by atoms with Gasteiger partial charge in [-0.15, -0.1) is 0 Å². The predicted octanol–water partition coefficient (Wildman–Crippen LogP) is 6.37. The molecule has 176 valence electrons. The maximum atomic E-state index is 14.7. The van der Waals surface area contributed by atoms with Gasteiger partial charge >= 0.3 is 11.9 Å².